The molecule has 10 nitrogen and oxygen atoms in total. The van der Waals surface area contributed by atoms with Gasteiger partial charge in [0.1, 0.15) is 18.2 Å². The molecule has 5 rings (SSSR count). The van der Waals surface area contributed by atoms with Crippen LogP contribution in [-0.4, -0.2) is 82.6 Å². The number of aliphatic hydroxyl groups is 1. The highest BCUT2D eigenvalue weighted by Crippen LogP contribution is 2.60. The van der Waals surface area contributed by atoms with Crippen molar-refractivity contribution in [2.45, 2.75) is 81.0 Å². The van der Waals surface area contributed by atoms with Crippen molar-refractivity contribution in [2.75, 3.05) is 31.2 Å². The number of likely N-dealkylation sites (tertiary alicyclic amines) is 1. The first kappa shape index (κ1) is 37.5. The maximum absolute atomic E-state index is 15.0. The Labute approximate surface area is 303 Å². The highest BCUT2D eigenvalue weighted by molar-refractivity contribution is 9.09. The van der Waals surface area contributed by atoms with E-state index in [0.29, 0.717) is 32.1 Å². The minimum Gasteiger partial charge on any atom is -0.463 e. The Morgan fingerprint density at radius 2 is 1.82 bits per heavy atom. The maximum Gasteiger partial charge on any atom is 0.306 e. The summed E-state index contributed by atoms with van der Waals surface area (Å²) in [6.07, 6.45) is 5.51. The van der Waals surface area contributed by atoms with Crippen molar-refractivity contribution in [1.82, 2.24) is 10.2 Å². The zero-order valence-corrected chi connectivity index (χ0v) is 30.5. The van der Waals surface area contributed by atoms with Crippen LogP contribution in [0.25, 0.3) is 0 Å². The van der Waals surface area contributed by atoms with Crippen LogP contribution in [-0.2, 0) is 28.7 Å². The number of halogens is 1. The van der Waals surface area contributed by atoms with Crippen molar-refractivity contribution < 1.29 is 33.8 Å². The third kappa shape index (κ3) is 7.31. The lowest BCUT2D eigenvalue weighted by atomic mass is 9.70. The molecule has 11 heteroatoms. The van der Waals surface area contributed by atoms with Crippen molar-refractivity contribution >= 4 is 45.3 Å². The fraction of sp³-hybridized carbons (Fsp3) is 0.487. The van der Waals surface area contributed by atoms with E-state index >= 15 is 0 Å². The molecular weight excluding hydrogens is 702 g/mol. The number of fused-ring (bicyclic) bond motifs is 1. The Kier molecular flexibility index (Phi) is 12.3. The molecule has 0 aromatic heterocycles. The summed E-state index contributed by atoms with van der Waals surface area (Å²) in [5, 5.41) is 12.5. The molecular formula is C39H48BrN3O7. The summed E-state index contributed by atoms with van der Waals surface area (Å²) >= 11 is 3.76. The van der Waals surface area contributed by atoms with Gasteiger partial charge in [0.15, 0.2) is 0 Å². The smallest absolute Gasteiger partial charge is 0.306 e. The lowest BCUT2D eigenvalue weighted by Gasteiger charge is -2.38. The molecule has 7 atom stereocenters. The van der Waals surface area contributed by atoms with Gasteiger partial charge in [0.25, 0.3) is 5.91 Å². The predicted octanol–water partition coefficient (Wildman–Crippen LogP) is 5.10. The van der Waals surface area contributed by atoms with Crippen LogP contribution in [0, 0.1) is 25.7 Å². The van der Waals surface area contributed by atoms with Gasteiger partial charge in [0, 0.05) is 36.6 Å². The number of allylic oxidation sites excluding steroid dienone is 1. The Morgan fingerprint density at radius 3 is 2.48 bits per heavy atom. The van der Waals surface area contributed by atoms with E-state index in [-0.39, 0.29) is 49.4 Å². The van der Waals surface area contributed by atoms with Crippen LogP contribution in [0.3, 0.4) is 0 Å². The second-order valence-corrected chi connectivity index (χ2v) is 14.6. The summed E-state index contributed by atoms with van der Waals surface area (Å²) in [6.45, 7) is 11.9. The van der Waals surface area contributed by atoms with Crippen molar-refractivity contribution in [3.63, 3.8) is 0 Å². The number of alkyl halides is 1. The topological polar surface area (TPSA) is 125 Å². The van der Waals surface area contributed by atoms with E-state index in [1.807, 2.05) is 62.4 Å². The number of hydrogen-bond donors (Lipinski definition) is 2. The number of ether oxygens (including phenoxy) is 2. The minimum absolute atomic E-state index is 0.0347. The van der Waals surface area contributed by atoms with Crippen LogP contribution < -0.4 is 10.2 Å². The molecule has 0 radical (unpaired) electrons. The lowest BCUT2D eigenvalue weighted by Crippen LogP contribution is -2.57. The van der Waals surface area contributed by atoms with E-state index in [2.05, 4.69) is 34.4 Å². The number of unbranched alkanes of at least 4 members (excludes halogenated alkanes) is 2. The number of aliphatic hydroxyl groups excluding tert-OH is 1. The van der Waals surface area contributed by atoms with Crippen molar-refractivity contribution in [3.05, 3.63) is 90.5 Å². The number of esters is 1. The summed E-state index contributed by atoms with van der Waals surface area (Å²) in [5.41, 5.74) is 2.09. The standard InChI is InChI=1S/C39H48BrN3O7/c1-5-7-19-30(45)49-24-29(27-17-10-8-11-18-27)41-36(46)31-32-37(47)43(21-12-9-13-22-44)35(39(32)23-28(40)34(31)50-39)38(48)42(20-6-2)33-25(3)15-14-16-26(33)4/h5-6,8,10-11,14-18,28-29,31-32,34-35,44H,1-2,7,9,12-13,19-24H2,3-4H3,(H,41,46)/t28?,29-,31-,32+,34-,35-,39+/m1/s1. The first-order chi connectivity index (χ1) is 24.1. The molecule has 2 bridgehead atoms. The van der Waals surface area contributed by atoms with Gasteiger partial charge in [-0.3, -0.25) is 19.2 Å². The van der Waals surface area contributed by atoms with Gasteiger partial charge in [0.2, 0.25) is 11.8 Å². The molecule has 1 spiro atoms. The largest absolute Gasteiger partial charge is 0.463 e. The molecule has 1 unspecified atom stereocenters. The molecule has 0 aliphatic carbocycles. The quantitative estimate of drug-likeness (QED) is 0.0999. The third-order valence-corrected chi connectivity index (χ3v) is 11.0. The number of hydrogen-bond acceptors (Lipinski definition) is 7. The van der Waals surface area contributed by atoms with Gasteiger partial charge in [0.05, 0.1) is 24.0 Å². The van der Waals surface area contributed by atoms with Crippen molar-refractivity contribution in [1.29, 1.82) is 0 Å². The Bertz CT molecular complexity index is 1560. The van der Waals surface area contributed by atoms with E-state index in [1.54, 1.807) is 22.0 Å². The normalized spacial score (nSPS) is 25.6. The molecule has 3 amide bonds. The number of anilines is 1. The summed E-state index contributed by atoms with van der Waals surface area (Å²) in [7, 11) is 0. The highest BCUT2D eigenvalue weighted by Gasteiger charge is 2.76. The Hall–Kier alpha value is -3.80. The average Bonchev–Trinajstić information content (AvgIpc) is 3.70. The number of nitrogens with zero attached hydrogens (tertiary/aromatic N) is 2. The van der Waals surface area contributed by atoms with Gasteiger partial charge < -0.3 is 29.7 Å². The maximum atomic E-state index is 15.0. The monoisotopic (exact) mass is 749 g/mol. The van der Waals surface area contributed by atoms with Crippen LogP contribution in [0.4, 0.5) is 5.69 Å². The minimum atomic E-state index is -1.25. The molecule has 268 valence electrons. The van der Waals surface area contributed by atoms with Crippen LogP contribution in [0.2, 0.25) is 0 Å². The summed E-state index contributed by atoms with van der Waals surface area (Å²) in [6, 6.07) is 13.4. The summed E-state index contributed by atoms with van der Waals surface area (Å²) < 4.78 is 12.3. The number of rotatable bonds is 17. The fourth-order valence-corrected chi connectivity index (χ4v) is 8.90. The summed E-state index contributed by atoms with van der Waals surface area (Å²) in [4.78, 5) is 59.5. The number of benzene rings is 2. The SMILES string of the molecule is C=CCCC(=O)OC[C@@H](NC(=O)[C@H]1[C@@H]2O[C@@]3(CC2Br)[C@@H]1C(=O)N(CCCCCO)[C@@H]3C(=O)N(CC=C)c1c(C)cccc1C)c1ccccc1. The first-order valence-electron chi connectivity index (χ1n) is 17.4. The van der Waals surface area contributed by atoms with Gasteiger partial charge in [-0.25, -0.2) is 0 Å². The van der Waals surface area contributed by atoms with Crippen LogP contribution in [0.1, 0.15) is 61.3 Å². The van der Waals surface area contributed by atoms with Crippen LogP contribution in [0.15, 0.2) is 73.8 Å². The van der Waals surface area contributed by atoms with Gasteiger partial charge in [-0.2, -0.15) is 0 Å². The molecule has 2 N–H and O–H groups in total. The number of para-hydroxylation sites is 1. The molecule has 3 fully saturated rings. The number of carbonyl (C=O) groups excluding carboxylic acids is 4. The Morgan fingerprint density at radius 1 is 1.10 bits per heavy atom. The predicted molar refractivity (Wildman–Crippen MR) is 195 cm³/mol. The fourth-order valence-electron chi connectivity index (χ4n) is 7.96. The van der Waals surface area contributed by atoms with Gasteiger partial charge in [-0.15, -0.1) is 13.2 Å². The van der Waals surface area contributed by atoms with Crippen molar-refractivity contribution in [2.24, 2.45) is 11.8 Å². The van der Waals surface area contributed by atoms with E-state index in [0.717, 1.165) is 22.4 Å². The highest BCUT2D eigenvalue weighted by atomic mass is 79.9. The second kappa shape index (κ2) is 16.5. The third-order valence-electron chi connectivity index (χ3n) is 10.2. The Balaban J connectivity index is 1.50. The molecule has 2 aromatic rings. The molecule has 3 saturated heterocycles. The lowest BCUT2D eigenvalue weighted by molar-refractivity contribution is -0.145. The number of carbonyl (C=O) groups is 4. The number of nitrogens with one attached hydrogen (secondary N) is 1. The molecule has 3 heterocycles. The van der Waals surface area contributed by atoms with Crippen LogP contribution >= 0.6 is 15.9 Å². The molecule has 2 aromatic carbocycles. The number of amides is 3. The van der Waals surface area contributed by atoms with Gasteiger partial charge in [-0.05, 0) is 62.6 Å². The molecule has 50 heavy (non-hydrogen) atoms. The average molecular weight is 751 g/mol. The van der Waals surface area contributed by atoms with E-state index in [4.69, 9.17) is 9.47 Å². The van der Waals surface area contributed by atoms with Gasteiger partial charge >= 0.3 is 5.97 Å². The van der Waals surface area contributed by atoms with Gasteiger partial charge in [-0.1, -0.05) is 76.6 Å². The van der Waals surface area contributed by atoms with Crippen molar-refractivity contribution in [3.8, 4) is 0 Å². The zero-order valence-electron chi connectivity index (χ0n) is 28.9. The number of aryl methyl sites for hydroxylation is 2. The van der Waals surface area contributed by atoms with Crippen LogP contribution in [0.5, 0.6) is 0 Å². The van der Waals surface area contributed by atoms with E-state index < -0.39 is 47.5 Å². The van der Waals surface area contributed by atoms with E-state index in [9.17, 15) is 24.3 Å². The second-order valence-electron chi connectivity index (χ2n) is 13.4. The molecule has 0 saturated carbocycles. The zero-order chi connectivity index (χ0) is 36.0. The summed E-state index contributed by atoms with van der Waals surface area (Å²) in [5.74, 6) is -3.17. The van der Waals surface area contributed by atoms with E-state index in [1.165, 1.54) is 0 Å². The molecule has 3 aliphatic heterocycles. The first-order valence-corrected chi connectivity index (χ1v) is 18.3. The molecule has 3 aliphatic rings.